The Morgan fingerprint density at radius 2 is 2.16 bits per heavy atom. The van der Waals surface area contributed by atoms with Gasteiger partial charge < -0.3 is 19.3 Å². The highest BCUT2D eigenvalue weighted by atomic mass is 16.4. The smallest absolute Gasteiger partial charge is 0.323 e. The Labute approximate surface area is 111 Å². The van der Waals surface area contributed by atoms with E-state index in [9.17, 15) is 9.59 Å². The number of carbonyl (C=O) groups excluding carboxylic acids is 1. The molecule has 1 aliphatic carbocycles. The Morgan fingerprint density at radius 1 is 1.47 bits per heavy atom. The molecule has 1 saturated carbocycles. The number of aryl methyl sites for hydroxylation is 1. The van der Waals surface area contributed by atoms with Gasteiger partial charge in [0.1, 0.15) is 12.3 Å². The fourth-order valence-corrected chi connectivity index (χ4v) is 2.00. The van der Waals surface area contributed by atoms with E-state index in [1.807, 2.05) is 13.0 Å². The predicted molar refractivity (Wildman–Crippen MR) is 67.7 cm³/mol. The number of hydrogen-bond acceptors (Lipinski definition) is 3. The van der Waals surface area contributed by atoms with Crippen molar-refractivity contribution in [1.29, 1.82) is 0 Å². The highest BCUT2D eigenvalue weighted by molar-refractivity contribution is 5.80. The summed E-state index contributed by atoms with van der Waals surface area (Å²) < 4.78 is 5.18. The van der Waals surface area contributed by atoms with E-state index >= 15 is 0 Å². The minimum atomic E-state index is -0.979. The highest BCUT2D eigenvalue weighted by Crippen LogP contribution is 2.27. The van der Waals surface area contributed by atoms with Gasteiger partial charge in [0.05, 0.1) is 12.8 Å². The average Bonchev–Trinajstić information content (AvgIpc) is 3.11. The molecule has 104 valence electrons. The lowest BCUT2D eigenvalue weighted by atomic mass is 10.2. The van der Waals surface area contributed by atoms with Gasteiger partial charge in [-0.2, -0.15) is 0 Å². The van der Waals surface area contributed by atoms with Gasteiger partial charge >= 0.3 is 12.0 Å². The van der Waals surface area contributed by atoms with Gasteiger partial charge in [-0.3, -0.25) is 4.79 Å². The lowest BCUT2D eigenvalue weighted by Crippen LogP contribution is -2.44. The van der Waals surface area contributed by atoms with E-state index in [0.717, 1.165) is 24.2 Å². The van der Waals surface area contributed by atoms with Crippen LogP contribution in [0, 0.1) is 6.92 Å². The molecule has 2 amide bonds. The average molecular weight is 266 g/mol. The maximum Gasteiger partial charge on any atom is 0.323 e. The second-order valence-corrected chi connectivity index (χ2v) is 4.89. The van der Waals surface area contributed by atoms with Gasteiger partial charge in [0.25, 0.3) is 0 Å². The zero-order valence-electron chi connectivity index (χ0n) is 11.1. The van der Waals surface area contributed by atoms with Crippen molar-refractivity contribution >= 4 is 12.0 Å². The van der Waals surface area contributed by atoms with E-state index in [1.165, 1.54) is 9.80 Å². The van der Waals surface area contributed by atoms with Crippen LogP contribution in [0.4, 0.5) is 4.79 Å². The van der Waals surface area contributed by atoms with Crippen LogP contribution in [0.3, 0.4) is 0 Å². The summed E-state index contributed by atoms with van der Waals surface area (Å²) in [5.41, 5.74) is 0.932. The molecule has 1 aromatic rings. The Hall–Kier alpha value is -1.98. The summed E-state index contributed by atoms with van der Waals surface area (Å²) in [6.07, 6.45) is 3.36. The Morgan fingerprint density at radius 3 is 2.63 bits per heavy atom. The number of amides is 2. The van der Waals surface area contributed by atoms with Crippen molar-refractivity contribution in [2.24, 2.45) is 0 Å². The van der Waals surface area contributed by atoms with Crippen LogP contribution in [-0.4, -0.2) is 46.5 Å². The molecule has 6 nitrogen and oxygen atoms in total. The lowest BCUT2D eigenvalue weighted by molar-refractivity contribution is -0.137. The van der Waals surface area contributed by atoms with Gasteiger partial charge in [0.15, 0.2) is 0 Å². The highest BCUT2D eigenvalue weighted by Gasteiger charge is 2.35. The van der Waals surface area contributed by atoms with Crippen LogP contribution in [0.1, 0.15) is 24.2 Å². The summed E-state index contributed by atoms with van der Waals surface area (Å²) in [6, 6.07) is 1.65. The zero-order valence-corrected chi connectivity index (χ0v) is 11.1. The van der Waals surface area contributed by atoms with E-state index in [4.69, 9.17) is 9.52 Å². The summed E-state index contributed by atoms with van der Waals surface area (Å²) in [5, 5.41) is 8.86. The number of hydrogen-bond donors (Lipinski definition) is 1. The van der Waals surface area contributed by atoms with Crippen LogP contribution < -0.4 is 0 Å². The second-order valence-electron chi connectivity index (χ2n) is 4.89. The molecule has 6 heteroatoms. The third-order valence-electron chi connectivity index (χ3n) is 3.24. The van der Waals surface area contributed by atoms with E-state index in [-0.39, 0.29) is 18.6 Å². The molecule has 1 fully saturated rings. The van der Waals surface area contributed by atoms with Crippen molar-refractivity contribution in [3.8, 4) is 0 Å². The third-order valence-corrected chi connectivity index (χ3v) is 3.24. The molecule has 0 spiro atoms. The molecule has 0 aliphatic heterocycles. The molecule has 1 N–H and O–H groups in total. The van der Waals surface area contributed by atoms with Crippen LogP contribution in [0.5, 0.6) is 0 Å². The van der Waals surface area contributed by atoms with Crippen molar-refractivity contribution in [2.45, 2.75) is 32.4 Å². The SMILES string of the molecule is Cc1occc1CN(C)C(=O)N(CC(=O)O)C1CC1. The monoisotopic (exact) mass is 266 g/mol. The Balaban J connectivity index is 2.00. The molecular formula is C13H18N2O4. The number of urea groups is 1. The van der Waals surface area contributed by atoms with Crippen LogP contribution in [0.15, 0.2) is 16.7 Å². The molecule has 0 bridgehead atoms. The van der Waals surface area contributed by atoms with E-state index in [2.05, 4.69) is 0 Å². The largest absolute Gasteiger partial charge is 0.480 e. The molecule has 0 saturated heterocycles. The number of carboxylic acid groups (broad SMARTS) is 1. The number of furan rings is 1. The summed E-state index contributed by atoms with van der Waals surface area (Å²) in [5.74, 6) is -0.205. The van der Waals surface area contributed by atoms with Gasteiger partial charge in [-0.05, 0) is 25.8 Å². The molecule has 2 rings (SSSR count). The molecule has 0 radical (unpaired) electrons. The van der Waals surface area contributed by atoms with Crippen molar-refractivity contribution in [3.63, 3.8) is 0 Å². The first-order valence-electron chi connectivity index (χ1n) is 6.25. The summed E-state index contributed by atoms with van der Waals surface area (Å²) in [7, 11) is 1.67. The van der Waals surface area contributed by atoms with Crippen LogP contribution in [0.25, 0.3) is 0 Å². The number of nitrogens with zero attached hydrogens (tertiary/aromatic N) is 2. The summed E-state index contributed by atoms with van der Waals surface area (Å²) >= 11 is 0. The molecule has 0 aromatic carbocycles. The van der Waals surface area contributed by atoms with Gasteiger partial charge in [-0.1, -0.05) is 0 Å². The summed E-state index contributed by atoms with van der Waals surface area (Å²) in [4.78, 5) is 26.0. The van der Waals surface area contributed by atoms with Gasteiger partial charge in [-0.25, -0.2) is 4.79 Å². The van der Waals surface area contributed by atoms with Gasteiger partial charge in [-0.15, -0.1) is 0 Å². The standard InChI is InChI=1S/C13H18N2O4/c1-9-10(5-6-19-9)7-14(2)13(18)15(8-12(16)17)11-3-4-11/h5-6,11H,3-4,7-8H2,1-2H3,(H,16,17). The number of carbonyl (C=O) groups is 2. The van der Waals surface area contributed by atoms with Crippen LogP contribution in [0.2, 0.25) is 0 Å². The maximum absolute atomic E-state index is 12.3. The van der Waals surface area contributed by atoms with Crippen molar-refractivity contribution in [1.82, 2.24) is 9.80 Å². The van der Waals surface area contributed by atoms with Gasteiger partial charge in [0, 0.05) is 18.7 Å². The van der Waals surface area contributed by atoms with E-state index in [0.29, 0.717) is 6.54 Å². The van der Waals surface area contributed by atoms with Crippen LogP contribution in [-0.2, 0) is 11.3 Å². The molecule has 0 atom stereocenters. The Kier molecular flexibility index (Phi) is 3.78. The van der Waals surface area contributed by atoms with E-state index < -0.39 is 5.97 Å². The van der Waals surface area contributed by atoms with Crippen molar-refractivity contribution in [2.75, 3.05) is 13.6 Å². The van der Waals surface area contributed by atoms with E-state index in [1.54, 1.807) is 13.3 Å². The predicted octanol–water partition coefficient (Wildman–Crippen LogP) is 1.69. The fourth-order valence-electron chi connectivity index (χ4n) is 2.00. The molecule has 0 unspecified atom stereocenters. The molecular weight excluding hydrogens is 248 g/mol. The number of aliphatic carboxylic acids is 1. The Bertz CT molecular complexity index is 479. The lowest BCUT2D eigenvalue weighted by Gasteiger charge is -2.26. The zero-order chi connectivity index (χ0) is 14.0. The van der Waals surface area contributed by atoms with Crippen molar-refractivity contribution in [3.05, 3.63) is 23.7 Å². The van der Waals surface area contributed by atoms with Crippen LogP contribution >= 0.6 is 0 Å². The summed E-state index contributed by atoms with van der Waals surface area (Å²) in [6.45, 7) is 2.02. The first-order chi connectivity index (χ1) is 8.99. The molecule has 19 heavy (non-hydrogen) atoms. The van der Waals surface area contributed by atoms with Crippen molar-refractivity contribution < 1.29 is 19.1 Å². The first kappa shape index (κ1) is 13.5. The minimum Gasteiger partial charge on any atom is -0.480 e. The first-order valence-corrected chi connectivity index (χ1v) is 6.25. The number of rotatable bonds is 5. The topological polar surface area (TPSA) is 74.0 Å². The quantitative estimate of drug-likeness (QED) is 0.880. The molecule has 1 heterocycles. The maximum atomic E-state index is 12.3. The normalized spacial score (nSPS) is 14.2. The second kappa shape index (κ2) is 5.34. The number of carboxylic acids is 1. The minimum absolute atomic E-state index is 0.0801. The fraction of sp³-hybridized carbons (Fsp3) is 0.538. The molecule has 1 aromatic heterocycles. The molecule has 1 aliphatic rings. The van der Waals surface area contributed by atoms with Gasteiger partial charge in [0.2, 0.25) is 0 Å². The third kappa shape index (κ3) is 3.27.